The lowest BCUT2D eigenvalue weighted by Crippen LogP contribution is -2.31. The van der Waals surface area contributed by atoms with Crippen molar-refractivity contribution in [3.05, 3.63) is 51.0 Å². The zero-order chi connectivity index (χ0) is 19.0. The van der Waals surface area contributed by atoms with E-state index in [2.05, 4.69) is 33.4 Å². The summed E-state index contributed by atoms with van der Waals surface area (Å²) >= 11 is 2.19. The predicted molar refractivity (Wildman–Crippen MR) is 112 cm³/mol. The monoisotopic (exact) mass is 489 g/mol. The molecule has 0 amide bonds. The lowest BCUT2D eigenvalue weighted by Gasteiger charge is -2.10. The van der Waals surface area contributed by atoms with Crippen molar-refractivity contribution in [2.24, 2.45) is 5.92 Å². The van der Waals surface area contributed by atoms with Crippen LogP contribution in [0.2, 0.25) is 0 Å². The fourth-order valence-corrected chi connectivity index (χ4v) is 4.67. The van der Waals surface area contributed by atoms with Crippen molar-refractivity contribution in [3.8, 4) is 0 Å². The summed E-state index contributed by atoms with van der Waals surface area (Å²) in [6, 6.07) is 7.60. The minimum absolute atomic E-state index is 0.0470. The first-order valence-electron chi connectivity index (χ1n) is 8.68. The number of hydrogen-bond acceptors (Lipinski definition) is 3. The second-order valence-corrected chi connectivity index (χ2v) is 9.35. The van der Waals surface area contributed by atoms with Gasteiger partial charge < -0.3 is 5.11 Å². The van der Waals surface area contributed by atoms with Crippen LogP contribution in [0.5, 0.6) is 0 Å². The molecule has 26 heavy (non-hydrogen) atoms. The number of hydrogen-bond donors (Lipinski definition) is 2. The van der Waals surface area contributed by atoms with Crippen molar-refractivity contribution in [3.63, 3.8) is 0 Å². The second-order valence-electron chi connectivity index (χ2n) is 6.50. The first kappa shape index (κ1) is 21.1. The normalized spacial score (nSPS) is 21.0. The Bertz CT molecular complexity index is 773. The van der Waals surface area contributed by atoms with Crippen LogP contribution in [0.3, 0.4) is 0 Å². The van der Waals surface area contributed by atoms with Crippen molar-refractivity contribution in [2.75, 3.05) is 0 Å². The zero-order valence-corrected chi connectivity index (χ0v) is 17.4. The number of allylic oxidation sites excluding steroid dienone is 2. The first-order valence-corrected chi connectivity index (χ1v) is 11.3. The molecule has 0 bridgehead atoms. The quantitative estimate of drug-likeness (QED) is 0.310. The number of carboxylic acid groups (broad SMARTS) is 1. The summed E-state index contributed by atoms with van der Waals surface area (Å²) < 4.78 is 28.3. The molecule has 1 fully saturated rings. The molecular formula is C19H24INO4S. The maximum Gasteiger partial charge on any atom is 0.303 e. The van der Waals surface area contributed by atoms with Gasteiger partial charge in [0, 0.05) is 21.4 Å². The van der Waals surface area contributed by atoms with Crippen LogP contribution in [0.4, 0.5) is 0 Å². The van der Waals surface area contributed by atoms with Crippen LogP contribution in [0.25, 0.3) is 6.08 Å². The molecule has 1 aromatic carbocycles. The van der Waals surface area contributed by atoms with E-state index >= 15 is 0 Å². The van der Waals surface area contributed by atoms with Crippen LogP contribution in [0.1, 0.15) is 44.1 Å². The van der Waals surface area contributed by atoms with Gasteiger partial charge in [-0.2, -0.15) is 0 Å². The van der Waals surface area contributed by atoms with Crippen LogP contribution < -0.4 is 4.72 Å². The Hall–Kier alpha value is -1.19. The molecule has 0 heterocycles. The van der Waals surface area contributed by atoms with E-state index in [4.69, 9.17) is 5.11 Å². The molecule has 0 saturated heterocycles. The Morgan fingerprint density at radius 1 is 1.35 bits per heavy atom. The number of aliphatic carboxylic acids is 1. The van der Waals surface area contributed by atoms with Gasteiger partial charge in [0.25, 0.3) is 0 Å². The summed E-state index contributed by atoms with van der Waals surface area (Å²) in [6.07, 6.45) is 9.84. The van der Waals surface area contributed by atoms with E-state index in [0.717, 1.165) is 34.8 Å². The van der Waals surface area contributed by atoms with Gasteiger partial charge in [0.15, 0.2) is 0 Å². The number of benzene rings is 1. The Morgan fingerprint density at radius 2 is 2.15 bits per heavy atom. The average Bonchev–Trinajstić information content (AvgIpc) is 2.99. The van der Waals surface area contributed by atoms with Gasteiger partial charge in [-0.3, -0.25) is 4.79 Å². The summed E-state index contributed by atoms with van der Waals surface area (Å²) in [5, 5.41) is 9.83. The summed E-state index contributed by atoms with van der Waals surface area (Å²) in [4.78, 5) is 10.5. The average molecular weight is 489 g/mol. The third-order valence-electron chi connectivity index (χ3n) is 4.26. The molecule has 0 radical (unpaired) electrons. The first-order chi connectivity index (χ1) is 12.3. The summed E-state index contributed by atoms with van der Waals surface area (Å²) in [5.41, 5.74) is 0.857. The van der Waals surface area contributed by atoms with Crippen molar-refractivity contribution >= 4 is 44.7 Å². The van der Waals surface area contributed by atoms with Crippen molar-refractivity contribution in [1.82, 2.24) is 4.72 Å². The molecule has 0 aliphatic heterocycles. The largest absolute Gasteiger partial charge is 0.481 e. The molecule has 1 saturated carbocycles. The summed E-state index contributed by atoms with van der Waals surface area (Å²) in [7, 11) is -3.46. The van der Waals surface area contributed by atoms with Gasteiger partial charge in [0.1, 0.15) is 0 Å². The predicted octanol–water partition coefficient (Wildman–Crippen LogP) is 4.16. The maximum absolute atomic E-state index is 12.2. The third kappa shape index (κ3) is 8.01. The molecule has 5 nitrogen and oxygen atoms in total. The third-order valence-corrected chi connectivity index (χ3v) is 6.09. The molecule has 2 unspecified atom stereocenters. The molecule has 142 valence electrons. The molecule has 1 aliphatic rings. The van der Waals surface area contributed by atoms with Gasteiger partial charge in [-0.15, -0.1) is 0 Å². The molecule has 1 aromatic rings. The van der Waals surface area contributed by atoms with E-state index in [1.807, 2.05) is 30.3 Å². The number of unbranched alkanes of at least 4 members (excludes halogenated alkanes) is 1. The van der Waals surface area contributed by atoms with Gasteiger partial charge in [0.2, 0.25) is 10.0 Å². The fraction of sp³-hybridized carbons (Fsp3) is 0.421. The smallest absolute Gasteiger partial charge is 0.303 e. The zero-order valence-electron chi connectivity index (χ0n) is 14.5. The summed E-state index contributed by atoms with van der Waals surface area (Å²) in [5.74, 6) is -0.417. The molecule has 0 spiro atoms. The number of nitrogens with one attached hydrogen (secondary N) is 1. The van der Waals surface area contributed by atoms with Crippen LogP contribution >= 0.6 is 22.6 Å². The number of halogens is 1. The highest BCUT2D eigenvalue weighted by atomic mass is 127. The number of rotatable bonds is 9. The number of carboxylic acids is 1. The maximum atomic E-state index is 12.2. The molecule has 2 N–H and O–H groups in total. The van der Waals surface area contributed by atoms with Gasteiger partial charge in [-0.05, 0) is 84.4 Å². The Labute approximate surface area is 168 Å². The molecule has 2 atom stereocenters. The van der Waals surface area contributed by atoms with E-state index < -0.39 is 16.0 Å². The van der Waals surface area contributed by atoms with E-state index in [-0.39, 0.29) is 12.5 Å². The van der Waals surface area contributed by atoms with Crippen LogP contribution in [-0.4, -0.2) is 25.5 Å². The lowest BCUT2D eigenvalue weighted by molar-refractivity contribution is -0.137. The molecule has 0 aromatic heterocycles. The van der Waals surface area contributed by atoms with Gasteiger partial charge in [-0.1, -0.05) is 24.3 Å². The van der Waals surface area contributed by atoms with Gasteiger partial charge >= 0.3 is 5.97 Å². The Morgan fingerprint density at radius 3 is 2.88 bits per heavy atom. The second kappa shape index (κ2) is 10.2. The van der Waals surface area contributed by atoms with Crippen molar-refractivity contribution in [2.45, 2.75) is 44.6 Å². The van der Waals surface area contributed by atoms with Crippen LogP contribution in [0, 0.1) is 9.49 Å². The highest BCUT2D eigenvalue weighted by molar-refractivity contribution is 14.1. The van der Waals surface area contributed by atoms with Gasteiger partial charge in [-0.25, -0.2) is 13.1 Å². The highest BCUT2D eigenvalue weighted by Crippen LogP contribution is 2.27. The summed E-state index contributed by atoms with van der Waals surface area (Å²) in [6.45, 7) is 0. The Kier molecular flexibility index (Phi) is 8.30. The number of sulfonamides is 1. The van der Waals surface area contributed by atoms with E-state index in [1.165, 1.54) is 5.41 Å². The molecule has 1 aliphatic carbocycles. The standard InChI is InChI=1S/C19H24INO4S/c20-17-7-4-6-16(13-17)11-12-26(24,25)21-18-10-9-15(14-18)5-2-1-3-8-19(22)23/h2,4-7,11-13,15,18,21H,1,3,8-10,14H2,(H,22,23)/b5-2+,12-11+. The Balaban J connectivity index is 1.79. The highest BCUT2D eigenvalue weighted by Gasteiger charge is 2.25. The van der Waals surface area contributed by atoms with E-state index in [1.54, 1.807) is 6.08 Å². The van der Waals surface area contributed by atoms with Crippen LogP contribution in [-0.2, 0) is 14.8 Å². The van der Waals surface area contributed by atoms with E-state index in [0.29, 0.717) is 12.3 Å². The van der Waals surface area contributed by atoms with E-state index in [9.17, 15) is 13.2 Å². The number of carbonyl (C=O) groups is 1. The lowest BCUT2D eigenvalue weighted by atomic mass is 10.1. The van der Waals surface area contributed by atoms with Crippen molar-refractivity contribution < 1.29 is 18.3 Å². The van der Waals surface area contributed by atoms with Crippen molar-refractivity contribution in [1.29, 1.82) is 0 Å². The minimum atomic E-state index is -3.46. The molecular weight excluding hydrogens is 465 g/mol. The molecule has 7 heteroatoms. The van der Waals surface area contributed by atoms with Gasteiger partial charge in [0.05, 0.1) is 0 Å². The minimum Gasteiger partial charge on any atom is -0.481 e. The fourth-order valence-electron chi connectivity index (χ4n) is 3.01. The van der Waals surface area contributed by atoms with Crippen LogP contribution in [0.15, 0.2) is 41.8 Å². The molecule has 2 rings (SSSR count). The SMILES string of the molecule is O=C(O)CCC/C=C/C1CCC(NS(=O)(=O)/C=C/c2cccc(I)c2)C1. The topological polar surface area (TPSA) is 83.5 Å².